The minimum atomic E-state index is -2.27. The van der Waals surface area contributed by atoms with Gasteiger partial charge in [-0.1, -0.05) is 18.2 Å². The zero-order chi connectivity index (χ0) is 32.6. The van der Waals surface area contributed by atoms with Crippen molar-refractivity contribution < 1.29 is 54.6 Å². The molecule has 7 atom stereocenters. The lowest BCUT2D eigenvalue weighted by Gasteiger charge is -2.64. The number of amides is 2. The van der Waals surface area contributed by atoms with Crippen LogP contribution in [0.5, 0.6) is 11.5 Å². The van der Waals surface area contributed by atoms with Crippen LogP contribution in [0.1, 0.15) is 51.1 Å². The molecule has 14 nitrogen and oxygen atoms in total. The zero-order valence-electron chi connectivity index (χ0n) is 24.0. The lowest BCUT2D eigenvalue weighted by molar-refractivity contribution is -0.194. The third-order valence-corrected chi connectivity index (χ3v) is 10.0. The van der Waals surface area contributed by atoms with Crippen LogP contribution in [0, 0.1) is 0 Å². The van der Waals surface area contributed by atoms with Crippen molar-refractivity contribution in [2.45, 2.75) is 67.1 Å². The number of nitrogens with two attached hydrogens (primary N) is 1. The van der Waals surface area contributed by atoms with Crippen molar-refractivity contribution in [1.29, 1.82) is 0 Å². The number of phenolic OH excluding ortho intramolecular Hbond substituents is 1. The summed E-state index contributed by atoms with van der Waals surface area (Å²) in [5, 5.41) is 55.8. The number of aromatic hydroxyl groups is 1. The largest absolute Gasteiger partial charge is 0.504 e. The Morgan fingerprint density at radius 3 is 2.40 bits per heavy atom. The molecule has 14 heteroatoms. The highest BCUT2D eigenvalue weighted by molar-refractivity contribution is 6.23. The Bertz CT molecular complexity index is 1630. The number of nitrogens with zero attached hydrogens (tertiary/aromatic N) is 2. The Morgan fingerprint density at radius 1 is 1.09 bits per heavy atom. The van der Waals surface area contributed by atoms with Crippen molar-refractivity contribution >= 4 is 29.4 Å². The number of carboxylic acids is 2. The number of anilines is 1. The number of piperidine rings is 1. The van der Waals surface area contributed by atoms with Gasteiger partial charge in [0.15, 0.2) is 23.7 Å². The van der Waals surface area contributed by atoms with E-state index in [0.29, 0.717) is 43.5 Å². The number of carbonyl (C=O) groups is 4. The Balaban J connectivity index is 0.000000311. The number of fused-ring (bicyclic) bond motifs is 1. The van der Waals surface area contributed by atoms with Gasteiger partial charge in [-0.25, -0.2) is 9.59 Å². The molecule has 2 aromatic rings. The maximum absolute atomic E-state index is 13.5. The average Bonchev–Trinajstić information content (AvgIpc) is 3.48. The maximum atomic E-state index is 13.5. The third kappa shape index (κ3) is 4.09. The highest BCUT2D eigenvalue weighted by Crippen LogP contribution is 2.66. The molecule has 7 rings (SSSR count). The number of likely N-dealkylation sites (tertiary alicyclic amines) is 1. The van der Waals surface area contributed by atoms with Gasteiger partial charge in [0.2, 0.25) is 0 Å². The van der Waals surface area contributed by atoms with Crippen LogP contribution in [0.2, 0.25) is 0 Å². The van der Waals surface area contributed by atoms with Gasteiger partial charge in [-0.2, -0.15) is 0 Å². The summed E-state index contributed by atoms with van der Waals surface area (Å²) in [6.45, 7) is 5.28. The lowest BCUT2D eigenvalue weighted by atomic mass is 9.48. The molecule has 2 aromatic carbocycles. The molecule has 1 saturated carbocycles. The van der Waals surface area contributed by atoms with Gasteiger partial charge in [-0.15, -0.1) is 6.58 Å². The van der Waals surface area contributed by atoms with Crippen LogP contribution < -0.4 is 10.5 Å². The van der Waals surface area contributed by atoms with Crippen LogP contribution in [0.25, 0.3) is 0 Å². The average molecular weight is 624 g/mol. The summed E-state index contributed by atoms with van der Waals surface area (Å²) in [5.74, 6) is -3.94. The van der Waals surface area contributed by atoms with Gasteiger partial charge in [0.1, 0.15) is 6.10 Å². The Labute approximate surface area is 256 Å². The van der Waals surface area contributed by atoms with E-state index in [-0.39, 0.29) is 28.9 Å². The number of rotatable bonds is 6. The summed E-state index contributed by atoms with van der Waals surface area (Å²) < 4.78 is 6.49. The molecular formula is C31H33N3O11. The molecule has 8 N–H and O–H groups in total. The minimum absolute atomic E-state index is 0.0206. The number of aliphatic carboxylic acids is 2. The fourth-order valence-corrected chi connectivity index (χ4v) is 8.15. The molecule has 2 bridgehead atoms. The second-order valence-corrected chi connectivity index (χ2v) is 12.1. The molecule has 3 aliphatic heterocycles. The number of phenols is 1. The fraction of sp³-hybridized carbons (Fsp3) is 0.419. The third-order valence-electron chi connectivity index (χ3n) is 10.0. The first-order valence-corrected chi connectivity index (χ1v) is 14.5. The maximum Gasteiger partial charge on any atom is 0.335 e. The van der Waals surface area contributed by atoms with Crippen molar-refractivity contribution in [3.05, 3.63) is 65.2 Å². The predicted molar refractivity (Wildman–Crippen MR) is 155 cm³/mol. The number of aliphatic hydroxyl groups excluding tert-OH is 2. The van der Waals surface area contributed by atoms with Crippen LogP contribution in [-0.4, -0.2) is 113 Å². The van der Waals surface area contributed by atoms with Crippen LogP contribution in [0.15, 0.2) is 43.0 Å². The van der Waals surface area contributed by atoms with Crippen molar-refractivity contribution in [2.75, 3.05) is 18.8 Å². The number of hydrogen-bond donors (Lipinski definition) is 7. The van der Waals surface area contributed by atoms with Gasteiger partial charge in [-0.3, -0.25) is 19.4 Å². The highest BCUT2D eigenvalue weighted by Gasteiger charge is 2.74. The second kappa shape index (κ2) is 10.5. The van der Waals surface area contributed by atoms with Crippen molar-refractivity contribution in [3.63, 3.8) is 0 Å². The number of ether oxygens (including phenoxy) is 1. The van der Waals surface area contributed by atoms with Crippen LogP contribution in [0.3, 0.4) is 0 Å². The summed E-state index contributed by atoms with van der Waals surface area (Å²) in [6.07, 6.45) is -1.31. The summed E-state index contributed by atoms with van der Waals surface area (Å²) in [5.41, 5.74) is 6.83. The van der Waals surface area contributed by atoms with E-state index < -0.39 is 53.2 Å². The predicted octanol–water partition coefficient (Wildman–Crippen LogP) is -0.143. The zero-order valence-corrected chi connectivity index (χ0v) is 24.0. The molecule has 2 unspecified atom stereocenters. The first kappa shape index (κ1) is 30.5. The first-order chi connectivity index (χ1) is 21.3. The first-order valence-electron chi connectivity index (χ1n) is 14.5. The van der Waals surface area contributed by atoms with Gasteiger partial charge in [0.25, 0.3) is 11.8 Å². The number of carbonyl (C=O) groups excluding carboxylic acids is 2. The number of nitrogen functional groups attached to an aromatic ring is 1. The molecule has 1 spiro atoms. The number of imide groups is 1. The minimum Gasteiger partial charge on any atom is -0.504 e. The molecule has 0 radical (unpaired) electrons. The summed E-state index contributed by atoms with van der Waals surface area (Å²) >= 11 is 0. The van der Waals surface area contributed by atoms with E-state index in [0.717, 1.165) is 17.7 Å². The molecule has 238 valence electrons. The van der Waals surface area contributed by atoms with E-state index in [1.54, 1.807) is 24.3 Å². The molecule has 0 aromatic heterocycles. The Hall–Kier alpha value is -4.50. The fourth-order valence-electron chi connectivity index (χ4n) is 8.15. The van der Waals surface area contributed by atoms with Crippen LogP contribution in [0.4, 0.5) is 5.69 Å². The number of aliphatic hydroxyl groups is 3. The molecule has 2 fully saturated rings. The van der Waals surface area contributed by atoms with Crippen LogP contribution in [-0.2, 0) is 21.4 Å². The normalized spacial score (nSPS) is 30.3. The topological polar surface area (TPSA) is 231 Å². The van der Waals surface area contributed by atoms with Gasteiger partial charge in [0.05, 0.1) is 28.2 Å². The summed E-state index contributed by atoms with van der Waals surface area (Å²) in [7, 11) is 0. The van der Waals surface area contributed by atoms with Crippen LogP contribution >= 0.6 is 0 Å². The Morgan fingerprint density at radius 2 is 1.78 bits per heavy atom. The summed E-state index contributed by atoms with van der Waals surface area (Å²) in [4.78, 5) is 50.2. The number of benzene rings is 2. The van der Waals surface area contributed by atoms with E-state index >= 15 is 0 Å². The molecule has 3 heterocycles. The van der Waals surface area contributed by atoms with Gasteiger partial charge in [-0.05, 0) is 56.0 Å². The van der Waals surface area contributed by atoms with E-state index in [4.69, 9.17) is 30.9 Å². The Kier molecular flexibility index (Phi) is 7.16. The second-order valence-electron chi connectivity index (χ2n) is 12.1. The van der Waals surface area contributed by atoms with Gasteiger partial charge < -0.3 is 41.1 Å². The molecular weight excluding hydrogens is 590 g/mol. The lowest BCUT2D eigenvalue weighted by Crippen LogP contribution is -2.78. The molecule has 2 aliphatic carbocycles. The quantitative estimate of drug-likeness (QED) is 0.126. The summed E-state index contributed by atoms with van der Waals surface area (Å²) in [6, 6.07) is 7.74. The van der Waals surface area contributed by atoms with E-state index in [9.17, 15) is 29.4 Å². The van der Waals surface area contributed by atoms with Gasteiger partial charge >= 0.3 is 11.9 Å². The standard InChI is InChI=1S/C27H27N3O5.C4H6O6/c1-2-11-29-12-10-26-21-14-6-7-18(31)22(21)35-23(26)17(8-9-27(26,34)19(29)13-14)30-24(32)15-4-3-5-16(28)20(15)25(30)33;5-1(3(7)8)2(6)4(9)10/h2-7,17,19,23,31,34H,1,8-13,28H2;1-2,5-6H,(H,7,8)(H,9,10)/t17-,19-,23+,26+,27-;/m1./s1. The van der Waals surface area contributed by atoms with Crippen molar-refractivity contribution in [1.82, 2.24) is 9.80 Å². The highest BCUT2D eigenvalue weighted by atomic mass is 16.5. The van der Waals surface area contributed by atoms with E-state index in [1.807, 2.05) is 12.1 Å². The molecule has 2 amide bonds. The smallest absolute Gasteiger partial charge is 0.335 e. The SMILES string of the molecule is C=CCN1CC[C@]23c4c5ccc(O)c4O[C@H]2[C@H](N2C(=O)c4cccc(N)c4C2=O)CC[C@@]3(O)[C@H]1C5.O=C(O)C(O)C(O)C(=O)O. The van der Waals surface area contributed by atoms with E-state index in [1.165, 1.54) is 4.90 Å². The van der Waals surface area contributed by atoms with Gasteiger partial charge in [0, 0.05) is 23.8 Å². The van der Waals surface area contributed by atoms with Crippen molar-refractivity contribution in [2.24, 2.45) is 0 Å². The molecule has 45 heavy (non-hydrogen) atoms. The number of hydrogen-bond acceptors (Lipinski definition) is 11. The van der Waals surface area contributed by atoms with E-state index in [2.05, 4.69) is 11.5 Å². The molecule has 5 aliphatic rings. The number of carboxylic acid groups (broad SMARTS) is 2. The molecule has 1 saturated heterocycles. The monoisotopic (exact) mass is 623 g/mol. The van der Waals surface area contributed by atoms with Crippen molar-refractivity contribution in [3.8, 4) is 11.5 Å².